The first-order valence-corrected chi connectivity index (χ1v) is 10.5. The Labute approximate surface area is 167 Å². The third kappa shape index (κ3) is 3.69. The fourth-order valence-corrected chi connectivity index (χ4v) is 3.87. The first-order valence-electron chi connectivity index (χ1n) is 9.29. The van der Waals surface area contributed by atoms with Crippen molar-refractivity contribution in [3.63, 3.8) is 0 Å². The summed E-state index contributed by atoms with van der Waals surface area (Å²) in [6.07, 6.45) is 3.12. The van der Waals surface area contributed by atoms with Crippen LogP contribution >= 0.6 is 11.8 Å². The van der Waals surface area contributed by atoms with Crippen molar-refractivity contribution >= 4 is 23.4 Å². The van der Waals surface area contributed by atoms with Gasteiger partial charge in [0, 0.05) is 29.4 Å². The molecule has 1 amide bonds. The Morgan fingerprint density at radius 2 is 2.14 bits per heavy atom. The van der Waals surface area contributed by atoms with Crippen molar-refractivity contribution in [2.24, 2.45) is 5.92 Å². The van der Waals surface area contributed by atoms with Gasteiger partial charge in [-0.05, 0) is 38.2 Å². The summed E-state index contributed by atoms with van der Waals surface area (Å²) >= 11 is 1.47. The van der Waals surface area contributed by atoms with E-state index < -0.39 is 0 Å². The number of para-hydroxylation sites is 1. The van der Waals surface area contributed by atoms with Crippen LogP contribution in [0, 0.1) is 19.8 Å². The van der Waals surface area contributed by atoms with Gasteiger partial charge in [0.15, 0.2) is 0 Å². The number of hydrogen-bond acceptors (Lipinski definition) is 6. The van der Waals surface area contributed by atoms with Crippen molar-refractivity contribution in [3.8, 4) is 5.75 Å². The van der Waals surface area contributed by atoms with E-state index in [1.165, 1.54) is 17.3 Å². The molecule has 28 heavy (non-hydrogen) atoms. The topological polar surface area (TPSA) is 81.4 Å². The van der Waals surface area contributed by atoms with Crippen LogP contribution in [0.1, 0.15) is 22.5 Å². The first kappa shape index (κ1) is 18.7. The fourth-order valence-electron chi connectivity index (χ4n) is 3.54. The Bertz CT molecular complexity index is 1030. The van der Waals surface area contributed by atoms with E-state index in [1.54, 1.807) is 4.52 Å². The predicted molar refractivity (Wildman–Crippen MR) is 108 cm³/mol. The van der Waals surface area contributed by atoms with Crippen molar-refractivity contribution < 1.29 is 9.53 Å². The molecule has 1 aliphatic rings. The molecule has 3 heterocycles. The molecule has 0 spiro atoms. The molecule has 2 aromatic heterocycles. The highest BCUT2D eigenvalue weighted by Crippen LogP contribution is 2.26. The van der Waals surface area contributed by atoms with E-state index in [1.807, 2.05) is 38.3 Å². The second-order valence-electron chi connectivity index (χ2n) is 7.04. The van der Waals surface area contributed by atoms with Gasteiger partial charge in [0.25, 0.3) is 5.78 Å². The number of rotatable bonds is 5. The largest absolute Gasteiger partial charge is 0.493 e. The normalized spacial score (nSPS) is 15.9. The minimum absolute atomic E-state index is 0.0172. The van der Waals surface area contributed by atoms with Gasteiger partial charge in [0.1, 0.15) is 5.75 Å². The average Bonchev–Trinajstić information content (AvgIpc) is 3.12. The van der Waals surface area contributed by atoms with Crippen LogP contribution in [0.4, 0.5) is 0 Å². The van der Waals surface area contributed by atoms with Crippen molar-refractivity contribution in [1.29, 1.82) is 0 Å². The minimum Gasteiger partial charge on any atom is -0.493 e. The van der Waals surface area contributed by atoms with Crippen molar-refractivity contribution in [2.45, 2.75) is 31.8 Å². The summed E-state index contributed by atoms with van der Waals surface area (Å²) < 4.78 is 7.52. The molecule has 3 aromatic rings. The molecule has 146 valence electrons. The van der Waals surface area contributed by atoms with E-state index in [9.17, 15) is 4.79 Å². The molecule has 1 N–H and O–H groups in total. The quantitative estimate of drug-likeness (QED) is 0.666. The Hall–Kier alpha value is -2.61. The number of benzene rings is 1. The summed E-state index contributed by atoms with van der Waals surface area (Å²) in [6, 6.07) is 8.07. The summed E-state index contributed by atoms with van der Waals surface area (Å²) in [4.78, 5) is 21.5. The van der Waals surface area contributed by atoms with Gasteiger partial charge in [-0.1, -0.05) is 30.0 Å². The van der Waals surface area contributed by atoms with Crippen LogP contribution in [-0.4, -0.2) is 44.9 Å². The number of hydrogen-bond donors (Lipinski definition) is 1. The molecule has 0 aliphatic carbocycles. The Kier molecular flexibility index (Phi) is 5.21. The van der Waals surface area contributed by atoms with Gasteiger partial charge in [-0.15, -0.1) is 5.10 Å². The number of aromatic nitrogens is 4. The van der Waals surface area contributed by atoms with Crippen LogP contribution in [0.2, 0.25) is 0 Å². The van der Waals surface area contributed by atoms with Gasteiger partial charge < -0.3 is 10.1 Å². The van der Waals surface area contributed by atoms with E-state index in [-0.39, 0.29) is 18.2 Å². The molecule has 0 radical (unpaired) electrons. The Morgan fingerprint density at radius 3 is 2.96 bits per heavy atom. The molecule has 0 saturated heterocycles. The Balaban J connectivity index is 1.41. The van der Waals surface area contributed by atoms with E-state index in [0.29, 0.717) is 24.1 Å². The lowest BCUT2D eigenvalue weighted by atomic mass is 9.96. The van der Waals surface area contributed by atoms with Crippen molar-refractivity contribution in [2.75, 3.05) is 19.4 Å². The molecule has 4 rings (SSSR count). The second kappa shape index (κ2) is 7.79. The van der Waals surface area contributed by atoms with Crippen LogP contribution in [0.5, 0.6) is 5.75 Å². The number of aryl methyl sites for hydroxylation is 2. The highest BCUT2D eigenvalue weighted by molar-refractivity contribution is 7.98. The molecule has 7 nitrogen and oxygen atoms in total. The highest BCUT2D eigenvalue weighted by atomic mass is 32.2. The number of nitrogens with zero attached hydrogens (tertiary/aromatic N) is 4. The lowest BCUT2D eigenvalue weighted by molar-refractivity contribution is -0.120. The summed E-state index contributed by atoms with van der Waals surface area (Å²) in [5.41, 5.74) is 3.81. The molecular formula is C20H23N5O2S. The lowest BCUT2D eigenvalue weighted by Gasteiger charge is -2.25. The van der Waals surface area contributed by atoms with Crippen LogP contribution in [0.15, 0.2) is 29.4 Å². The molecule has 0 bridgehead atoms. The zero-order valence-corrected chi connectivity index (χ0v) is 17.0. The Morgan fingerprint density at radius 1 is 1.32 bits per heavy atom. The fraction of sp³-hybridized carbons (Fsp3) is 0.400. The molecule has 0 saturated carbocycles. The van der Waals surface area contributed by atoms with Crippen LogP contribution in [-0.2, 0) is 17.6 Å². The summed E-state index contributed by atoms with van der Waals surface area (Å²) in [5.74, 6) is 1.78. The zero-order valence-electron chi connectivity index (χ0n) is 16.2. The third-order valence-electron chi connectivity index (χ3n) is 5.09. The molecule has 1 aliphatic heterocycles. The SMILES string of the molecule is CSc1nc2nc(C)c(CC(=O)NCC3COc4ccccc4C3)c(C)n2n1. The number of carbonyl (C=O) groups is 1. The van der Waals surface area contributed by atoms with E-state index in [0.717, 1.165) is 29.1 Å². The number of amides is 1. The number of fused-ring (bicyclic) bond motifs is 2. The molecule has 0 fully saturated rings. The van der Waals surface area contributed by atoms with Gasteiger partial charge in [0.05, 0.1) is 13.0 Å². The average molecular weight is 398 g/mol. The number of thioether (sulfide) groups is 1. The summed E-state index contributed by atoms with van der Waals surface area (Å²) in [7, 11) is 0. The van der Waals surface area contributed by atoms with Gasteiger partial charge in [-0.2, -0.15) is 4.98 Å². The van der Waals surface area contributed by atoms with Gasteiger partial charge >= 0.3 is 0 Å². The van der Waals surface area contributed by atoms with Crippen molar-refractivity contribution in [1.82, 2.24) is 24.9 Å². The van der Waals surface area contributed by atoms with Crippen molar-refractivity contribution in [3.05, 3.63) is 46.8 Å². The molecular weight excluding hydrogens is 374 g/mol. The van der Waals surface area contributed by atoms with Gasteiger partial charge in [-0.3, -0.25) is 4.79 Å². The maximum absolute atomic E-state index is 12.6. The summed E-state index contributed by atoms with van der Waals surface area (Å²) in [6.45, 7) is 5.09. The maximum atomic E-state index is 12.6. The molecule has 1 aromatic carbocycles. The smallest absolute Gasteiger partial charge is 0.253 e. The number of ether oxygens (including phenoxy) is 1. The highest BCUT2D eigenvalue weighted by Gasteiger charge is 2.21. The third-order valence-corrected chi connectivity index (χ3v) is 5.63. The van der Waals surface area contributed by atoms with Gasteiger partial charge in [0.2, 0.25) is 11.1 Å². The molecule has 1 atom stereocenters. The zero-order chi connectivity index (χ0) is 19.7. The minimum atomic E-state index is -0.0172. The predicted octanol–water partition coefficient (Wildman–Crippen LogP) is 2.37. The van der Waals surface area contributed by atoms with Crippen LogP contribution in [0.25, 0.3) is 5.78 Å². The van der Waals surface area contributed by atoms with Gasteiger partial charge in [-0.25, -0.2) is 9.50 Å². The van der Waals surface area contributed by atoms with E-state index >= 15 is 0 Å². The second-order valence-corrected chi connectivity index (χ2v) is 7.81. The van der Waals surface area contributed by atoms with E-state index in [4.69, 9.17) is 4.74 Å². The first-order chi connectivity index (χ1) is 13.5. The molecule has 1 unspecified atom stereocenters. The lowest BCUT2D eigenvalue weighted by Crippen LogP contribution is -2.35. The van der Waals surface area contributed by atoms with E-state index in [2.05, 4.69) is 26.4 Å². The molecule has 8 heteroatoms. The standard InChI is InChI=1S/C20H23N5O2S/c1-12-16(13(2)25-19(22-12)23-20(24-25)28-3)9-18(26)21-10-14-8-15-6-4-5-7-17(15)27-11-14/h4-7,14H,8-11H2,1-3H3,(H,21,26). The number of carbonyl (C=O) groups excluding carboxylic acids is 1. The summed E-state index contributed by atoms with van der Waals surface area (Å²) in [5, 5.41) is 8.17. The van der Waals surface area contributed by atoms with Crippen LogP contribution in [0.3, 0.4) is 0 Å². The maximum Gasteiger partial charge on any atom is 0.253 e. The monoisotopic (exact) mass is 397 g/mol. The van der Waals surface area contributed by atoms with Crippen LogP contribution < -0.4 is 10.1 Å². The number of nitrogens with one attached hydrogen (secondary N) is 1.